The summed E-state index contributed by atoms with van der Waals surface area (Å²) < 4.78 is 0. The van der Waals surface area contributed by atoms with Gasteiger partial charge in [-0.05, 0) is 19.3 Å². The lowest BCUT2D eigenvalue weighted by Gasteiger charge is -2.30. The molecule has 51 valence electrons. The van der Waals surface area contributed by atoms with Crippen molar-refractivity contribution in [2.45, 2.75) is 32.0 Å². The molecule has 0 nitrogen and oxygen atoms in total. The van der Waals surface area contributed by atoms with Gasteiger partial charge in [0.25, 0.3) is 0 Å². The lowest BCUT2D eigenvalue weighted by atomic mass is 10.1. The van der Waals surface area contributed by atoms with E-state index in [0.29, 0.717) is 0 Å². The average Bonchev–Trinajstić information content (AvgIpc) is 1.78. The summed E-state index contributed by atoms with van der Waals surface area (Å²) in [6.07, 6.45) is 5.82. The van der Waals surface area contributed by atoms with Crippen LogP contribution < -0.4 is 0 Å². The third kappa shape index (κ3) is 1.97. The van der Waals surface area contributed by atoms with Crippen LogP contribution in [0.15, 0.2) is 12.2 Å². The summed E-state index contributed by atoms with van der Waals surface area (Å²) in [7, 11) is 0.195. The van der Waals surface area contributed by atoms with Crippen molar-refractivity contribution in [2.24, 2.45) is 5.92 Å². The Morgan fingerprint density at radius 2 is 2.22 bits per heavy atom. The smallest absolute Gasteiger partial charge is 0.0451 e. The SMILES string of the molecule is C/C=C/CC1C[Si](C)C1. The van der Waals surface area contributed by atoms with Crippen LogP contribution in [-0.4, -0.2) is 8.80 Å². The molecule has 0 bridgehead atoms. The van der Waals surface area contributed by atoms with Gasteiger partial charge in [0.2, 0.25) is 0 Å². The molecule has 0 aromatic carbocycles. The second kappa shape index (κ2) is 3.21. The van der Waals surface area contributed by atoms with Gasteiger partial charge in [-0.2, -0.15) is 0 Å². The van der Waals surface area contributed by atoms with Crippen LogP contribution in [0, 0.1) is 5.92 Å². The maximum absolute atomic E-state index is 2.44. The summed E-state index contributed by atoms with van der Waals surface area (Å²) in [4.78, 5) is 0. The summed E-state index contributed by atoms with van der Waals surface area (Å²) >= 11 is 0. The minimum Gasteiger partial charge on any atom is -0.0917 e. The van der Waals surface area contributed by atoms with Crippen LogP contribution in [0.3, 0.4) is 0 Å². The quantitative estimate of drug-likeness (QED) is 0.407. The molecule has 1 saturated heterocycles. The molecule has 0 unspecified atom stereocenters. The third-order valence-electron chi connectivity index (χ3n) is 1.98. The lowest BCUT2D eigenvalue weighted by Crippen LogP contribution is -2.27. The standard InChI is InChI=1S/C8H15Si/c1-3-4-5-8-6-9(2)7-8/h3-4,8H,5-7H2,1-2H3/b4-3+. The van der Waals surface area contributed by atoms with Gasteiger partial charge in [0.1, 0.15) is 0 Å². The van der Waals surface area contributed by atoms with Gasteiger partial charge in [0.05, 0.1) is 0 Å². The van der Waals surface area contributed by atoms with E-state index in [9.17, 15) is 0 Å². The molecule has 0 N–H and O–H groups in total. The van der Waals surface area contributed by atoms with Gasteiger partial charge in [0, 0.05) is 8.80 Å². The van der Waals surface area contributed by atoms with E-state index in [2.05, 4.69) is 25.6 Å². The van der Waals surface area contributed by atoms with E-state index >= 15 is 0 Å². The second-order valence-electron chi connectivity index (χ2n) is 3.04. The summed E-state index contributed by atoms with van der Waals surface area (Å²) in [6, 6.07) is 3.13. The van der Waals surface area contributed by atoms with Crippen molar-refractivity contribution in [1.82, 2.24) is 0 Å². The molecule has 0 amide bonds. The van der Waals surface area contributed by atoms with Gasteiger partial charge >= 0.3 is 0 Å². The molecule has 9 heavy (non-hydrogen) atoms. The molecular weight excluding hydrogens is 124 g/mol. The lowest BCUT2D eigenvalue weighted by molar-refractivity contribution is 0.592. The maximum atomic E-state index is 2.44. The zero-order valence-electron chi connectivity index (χ0n) is 6.35. The zero-order valence-corrected chi connectivity index (χ0v) is 7.35. The highest BCUT2D eigenvalue weighted by atomic mass is 28.3. The highest BCUT2D eigenvalue weighted by Crippen LogP contribution is 2.31. The molecule has 0 aromatic rings. The topological polar surface area (TPSA) is 0 Å². The number of hydrogen-bond acceptors (Lipinski definition) is 0. The zero-order chi connectivity index (χ0) is 6.69. The fourth-order valence-corrected chi connectivity index (χ4v) is 3.61. The molecule has 1 heteroatoms. The molecule has 0 saturated carbocycles. The van der Waals surface area contributed by atoms with Crippen molar-refractivity contribution in [3.05, 3.63) is 12.2 Å². The molecule has 0 aromatic heterocycles. The van der Waals surface area contributed by atoms with Gasteiger partial charge in [-0.15, -0.1) is 0 Å². The number of hydrogen-bond donors (Lipinski definition) is 0. The Balaban J connectivity index is 2.04. The second-order valence-corrected chi connectivity index (χ2v) is 5.77. The van der Waals surface area contributed by atoms with Crippen LogP contribution in [0.25, 0.3) is 0 Å². The first-order valence-corrected chi connectivity index (χ1v) is 6.16. The Bertz CT molecular complexity index is 101. The first kappa shape index (κ1) is 7.07. The van der Waals surface area contributed by atoms with Crippen molar-refractivity contribution < 1.29 is 0 Å². The van der Waals surface area contributed by atoms with E-state index in [1.54, 1.807) is 12.1 Å². The number of rotatable bonds is 2. The van der Waals surface area contributed by atoms with E-state index in [4.69, 9.17) is 0 Å². The summed E-state index contributed by atoms with van der Waals surface area (Å²) in [5, 5.41) is 0. The Morgan fingerprint density at radius 3 is 2.67 bits per heavy atom. The highest BCUT2D eigenvalue weighted by Gasteiger charge is 2.24. The molecule has 0 spiro atoms. The fraction of sp³-hybridized carbons (Fsp3) is 0.750. The highest BCUT2D eigenvalue weighted by molar-refractivity contribution is 6.60. The normalized spacial score (nSPS) is 22.9. The molecule has 1 aliphatic rings. The molecule has 1 aliphatic heterocycles. The van der Waals surface area contributed by atoms with Crippen LogP contribution >= 0.6 is 0 Å². The monoisotopic (exact) mass is 139 g/mol. The van der Waals surface area contributed by atoms with Crippen LogP contribution in [0.2, 0.25) is 18.6 Å². The average molecular weight is 139 g/mol. The number of allylic oxidation sites excluding steroid dienone is 2. The van der Waals surface area contributed by atoms with Gasteiger partial charge in [-0.3, -0.25) is 0 Å². The molecular formula is C8H15Si. The largest absolute Gasteiger partial charge is 0.0917 e. The molecule has 1 rings (SSSR count). The van der Waals surface area contributed by atoms with E-state index in [0.717, 1.165) is 5.92 Å². The van der Waals surface area contributed by atoms with Crippen molar-refractivity contribution in [1.29, 1.82) is 0 Å². The van der Waals surface area contributed by atoms with E-state index in [1.165, 1.54) is 6.42 Å². The Labute approximate surface area is 59.6 Å². The predicted octanol–water partition coefficient (Wildman–Crippen LogP) is 2.71. The Kier molecular flexibility index (Phi) is 2.52. The fourth-order valence-electron chi connectivity index (χ4n) is 1.42. The summed E-state index contributed by atoms with van der Waals surface area (Å²) in [5.41, 5.74) is 0. The molecule has 1 radical (unpaired) electrons. The van der Waals surface area contributed by atoms with Crippen molar-refractivity contribution in [2.75, 3.05) is 0 Å². The van der Waals surface area contributed by atoms with E-state index in [1.807, 2.05) is 0 Å². The first-order valence-electron chi connectivity index (χ1n) is 3.75. The van der Waals surface area contributed by atoms with Gasteiger partial charge < -0.3 is 0 Å². The van der Waals surface area contributed by atoms with Crippen molar-refractivity contribution in [3.8, 4) is 0 Å². The van der Waals surface area contributed by atoms with E-state index in [-0.39, 0.29) is 8.80 Å². The molecule has 1 heterocycles. The first-order chi connectivity index (χ1) is 4.33. The van der Waals surface area contributed by atoms with Gasteiger partial charge in [-0.1, -0.05) is 30.8 Å². The van der Waals surface area contributed by atoms with Gasteiger partial charge in [0.15, 0.2) is 0 Å². The Morgan fingerprint density at radius 1 is 1.56 bits per heavy atom. The van der Waals surface area contributed by atoms with Crippen LogP contribution in [0.1, 0.15) is 13.3 Å². The van der Waals surface area contributed by atoms with Crippen LogP contribution in [-0.2, 0) is 0 Å². The molecule has 1 fully saturated rings. The van der Waals surface area contributed by atoms with Crippen LogP contribution in [0.5, 0.6) is 0 Å². The Hall–Kier alpha value is -0.0431. The minimum absolute atomic E-state index is 0.195. The van der Waals surface area contributed by atoms with Crippen molar-refractivity contribution in [3.63, 3.8) is 0 Å². The molecule has 0 atom stereocenters. The van der Waals surface area contributed by atoms with Crippen LogP contribution in [0.4, 0.5) is 0 Å². The molecule has 0 aliphatic carbocycles. The van der Waals surface area contributed by atoms with Crippen molar-refractivity contribution >= 4 is 8.80 Å². The van der Waals surface area contributed by atoms with Gasteiger partial charge in [-0.25, -0.2) is 0 Å². The maximum Gasteiger partial charge on any atom is 0.0451 e. The third-order valence-corrected chi connectivity index (χ3v) is 4.53. The minimum atomic E-state index is 0.195. The van der Waals surface area contributed by atoms with E-state index < -0.39 is 0 Å². The summed E-state index contributed by atoms with van der Waals surface area (Å²) in [6.45, 7) is 4.55. The summed E-state index contributed by atoms with van der Waals surface area (Å²) in [5.74, 6) is 1.07. The predicted molar refractivity (Wildman–Crippen MR) is 44.2 cm³/mol.